The van der Waals surface area contributed by atoms with Crippen LogP contribution in [0.4, 0.5) is 5.69 Å². The number of aromatic nitrogens is 2. The molecule has 6 nitrogen and oxygen atoms in total. The lowest BCUT2D eigenvalue weighted by molar-refractivity contribution is -0.385. The Hall–Kier alpha value is -2.76. The van der Waals surface area contributed by atoms with E-state index in [4.69, 9.17) is 0 Å². The fourth-order valence-electron chi connectivity index (χ4n) is 1.81. The number of phenols is 1. The molecule has 0 radical (unpaired) electrons. The van der Waals surface area contributed by atoms with Crippen LogP contribution in [0.5, 0.6) is 5.75 Å². The highest BCUT2D eigenvalue weighted by Crippen LogP contribution is 2.32. The van der Waals surface area contributed by atoms with E-state index in [0.717, 1.165) is 0 Å². The second-order valence-electron chi connectivity index (χ2n) is 3.77. The predicted molar refractivity (Wildman–Crippen MR) is 65.4 cm³/mol. The summed E-state index contributed by atoms with van der Waals surface area (Å²) < 4.78 is 0. The topological polar surface area (TPSA) is 89.2 Å². The number of nitrogens with zero attached hydrogens (tertiary/aromatic N) is 3. The van der Waals surface area contributed by atoms with E-state index in [1.165, 1.54) is 12.1 Å². The van der Waals surface area contributed by atoms with E-state index in [2.05, 4.69) is 9.97 Å². The van der Waals surface area contributed by atoms with E-state index in [-0.39, 0.29) is 11.2 Å². The molecule has 0 atom stereocenters. The molecule has 0 aliphatic carbocycles. The van der Waals surface area contributed by atoms with Crippen LogP contribution in [0.1, 0.15) is 0 Å². The average molecular weight is 241 g/mol. The maximum atomic E-state index is 10.7. The first-order valence-electron chi connectivity index (χ1n) is 5.19. The highest BCUT2D eigenvalue weighted by Gasteiger charge is 2.17. The normalized spacial score (nSPS) is 10.9. The minimum absolute atomic E-state index is 0.142. The van der Waals surface area contributed by atoms with Gasteiger partial charge in [-0.15, -0.1) is 0 Å². The summed E-state index contributed by atoms with van der Waals surface area (Å²) >= 11 is 0. The van der Waals surface area contributed by atoms with Gasteiger partial charge in [0.25, 0.3) is 0 Å². The fourth-order valence-corrected chi connectivity index (χ4v) is 1.81. The summed E-state index contributed by atoms with van der Waals surface area (Å²) in [6.45, 7) is 0. The van der Waals surface area contributed by atoms with Crippen molar-refractivity contribution in [2.24, 2.45) is 0 Å². The third-order valence-corrected chi connectivity index (χ3v) is 2.66. The van der Waals surface area contributed by atoms with E-state index in [0.29, 0.717) is 16.6 Å². The number of fused-ring (bicyclic) bond motifs is 2. The summed E-state index contributed by atoms with van der Waals surface area (Å²) in [7, 11) is 0. The monoisotopic (exact) mass is 241 g/mol. The SMILES string of the molecule is O=[N+]([O-])c1ccc2nc3ccccc3nc2c1O. The molecule has 3 aromatic rings. The predicted octanol–water partition coefficient (Wildman–Crippen LogP) is 2.40. The Bertz CT molecular complexity index is 786. The molecule has 6 heteroatoms. The van der Waals surface area contributed by atoms with Crippen LogP contribution in [0, 0.1) is 10.1 Å². The molecule has 0 aliphatic rings. The van der Waals surface area contributed by atoms with Gasteiger partial charge in [0.1, 0.15) is 5.52 Å². The molecule has 0 aliphatic heterocycles. The van der Waals surface area contributed by atoms with Crippen molar-refractivity contribution in [1.82, 2.24) is 9.97 Å². The Labute approximate surface area is 101 Å². The summed E-state index contributed by atoms with van der Waals surface area (Å²) in [5.74, 6) is -0.448. The summed E-state index contributed by atoms with van der Waals surface area (Å²) in [6, 6.07) is 9.85. The summed E-state index contributed by atoms with van der Waals surface area (Å²) in [5.41, 5.74) is 1.46. The zero-order chi connectivity index (χ0) is 12.7. The lowest BCUT2D eigenvalue weighted by Crippen LogP contribution is -1.92. The Morgan fingerprint density at radius 3 is 2.33 bits per heavy atom. The third kappa shape index (κ3) is 1.43. The highest BCUT2D eigenvalue weighted by molar-refractivity contribution is 5.91. The minimum atomic E-state index is -0.647. The maximum absolute atomic E-state index is 10.7. The molecule has 1 aromatic heterocycles. The molecular weight excluding hydrogens is 234 g/mol. The molecule has 1 N–H and O–H groups in total. The maximum Gasteiger partial charge on any atom is 0.313 e. The van der Waals surface area contributed by atoms with Gasteiger partial charge in [0.2, 0.25) is 5.75 Å². The molecule has 1 heterocycles. The average Bonchev–Trinajstić information content (AvgIpc) is 2.37. The zero-order valence-electron chi connectivity index (χ0n) is 9.07. The molecule has 0 fully saturated rings. The van der Waals surface area contributed by atoms with Crippen LogP contribution in [0.2, 0.25) is 0 Å². The van der Waals surface area contributed by atoms with Gasteiger partial charge >= 0.3 is 5.69 Å². The fraction of sp³-hybridized carbons (Fsp3) is 0. The van der Waals surface area contributed by atoms with Crippen LogP contribution in [0.15, 0.2) is 36.4 Å². The first-order chi connectivity index (χ1) is 8.66. The van der Waals surface area contributed by atoms with Crippen LogP contribution >= 0.6 is 0 Å². The van der Waals surface area contributed by atoms with Crippen LogP contribution < -0.4 is 0 Å². The van der Waals surface area contributed by atoms with Crippen molar-refractivity contribution in [3.8, 4) is 5.75 Å². The Morgan fingerprint density at radius 2 is 1.67 bits per heavy atom. The molecule has 88 valence electrons. The van der Waals surface area contributed by atoms with Gasteiger partial charge in [-0.25, -0.2) is 9.97 Å². The summed E-state index contributed by atoms with van der Waals surface area (Å²) in [4.78, 5) is 18.6. The van der Waals surface area contributed by atoms with Gasteiger partial charge in [0.15, 0.2) is 0 Å². The standard InChI is InChI=1S/C12H7N3O3/c16-12-10(15(17)18)6-5-9-11(12)14-8-4-2-1-3-7(8)13-9/h1-6,16H. The first-order valence-corrected chi connectivity index (χ1v) is 5.19. The number of hydrogen-bond acceptors (Lipinski definition) is 5. The molecular formula is C12H7N3O3. The van der Waals surface area contributed by atoms with Gasteiger partial charge < -0.3 is 5.11 Å². The number of phenolic OH excluding ortho intramolecular Hbond substituents is 1. The molecule has 3 rings (SSSR count). The Kier molecular flexibility index (Phi) is 2.09. The summed E-state index contributed by atoms with van der Waals surface area (Å²) in [6.07, 6.45) is 0. The third-order valence-electron chi connectivity index (χ3n) is 2.66. The smallest absolute Gasteiger partial charge is 0.313 e. The van der Waals surface area contributed by atoms with E-state index in [1.54, 1.807) is 18.2 Å². The van der Waals surface area contributed by atoms with Gasteiger partial charge in [0, 0.05) is 6.07 Å². The van der Waals surface area contributed by atoms with Crippen molar-refractivity contribution in [2.45, 2.75) is 0 Å². The number of rotatable bonds is 1. The number of benzene rings is 2. The van der Waals surface area contributed by atoms with Gasteiger partial charge in [-0.2, -0.15) is 0 Å². The second-order valence-corrected chi connectivity index (χ2v) is 3.77. The van der Waals surface area contributed by atoms with Crippen molar-refractivity contribution in [3.05, 3.63) is 46.5 Å². The molecule has 2 aromatic carbocycles. The summed E-state index contributed by atoms with van der Waals surface area (Å²) in [5, 5.41) is 20.6. The largest absolute Gasteiger partial charge is 0.501 e. The lowest BCUT2D eigenvalue weighted by atomic mass is 10.2. The first kappa shape index (κ1) is 10.4. The quantitative estimate of drug-likeness (QED) is 0.401. The highest BCUT2D eigenvalue weighted by atomic mass is 16.6. The Morgan fingerprint density at radius 1 is 1.00 bits per heavy atom. The minimum Gasteiger partial charge on any atom is -0.501 e. The molecule has 18 heavy (non-hydrogen) atoms. The number of nitro groups is 1. The number of para-hydroxylation sites is 2. The van der Waals surface area contributed by atoms with E-state index in [1.807, 2.05) is 6.07 Å². The lowest BCUT2D eigenvalue weighted by Gasteiger charge is -2.02. The van der Waals surface area contributed by atoms with Crippen LogP contribution in [0.25, 0.3) is 22.1 Å². The van der Waals surface area contributed by atoms with E-state index in [9.17, 15) is 15.2 Å². The van der Waals surface area contributed by atoms with Crippen LogP contribution in [-0.2, 0) is 0 Å². The Balaban J connectivity index is 2.44. The second kappa shape index (κ2) is 3.63. The zero-order valence-corrected chi connectivity index (χ0v) is 9.07. The van der Waals surface area contributed by atoms with E-state index < -0.39 is 10.7 Å². The van der Waals surface area contributed by atoms with E-state index >= 15 is 0 Å². The molecule has 0 spiro atoms. The van der Waals surface area contributed by atoms with Crippen molar-refractivity contribution >= 4 is 27.8 Å². The molecule has 0 bridgehead atoms. The molecule has 0 unspecified atom stereocenters. The number of aromatic hydroxyl groups is 1. The van der Waals surface area contributed by atoms with Gasteiger partial charge in [-0.1, -0.05) is 12.1 Å². The number of hydrogen-bond donors (Lipinski definition) is 1. The van der Waals surface area contributed by atoms with Gasteiger partial charge in [0.05, 0.1) is 21.5 Å². The van der Waals surface area contributed by atoms with Crippen molar-refractivity contribution in [2.75, 3.05) is 0 Å². The van der Waals surface area contributed by atoms with Crippen molar-refractivity contribution < 1.29 is 10.0 Å². The number of nitro benzene ring substituents is 1. The van der Waals surface area contributed by atoms with Crippen LogP contribution in [0.3, 0.4) is 0 Å². The van der Waals surface area contributed by atoms with Crippen LogP contribution in [-0.4, -0.2) is 20.0 Å². The van der Waals surface area contributed by atoms with Crippen molar-refractivity contribution in [1.29, 1.82) is 0 Å². The van der Waals surface area contributed by atoms with Gasteiger partial charge in [-0.3, -0.25) is 10.1 Å². The molecule has 0 saturated heterocycles. The molecule has 0 saturated carbocycles. The van der Waals surface area contributed by atoms with Gasteiger partial charge in [-0.05, 0) is 18.2 Å². The molecule has 0 amide bonds. The van der Waals surface area contributed by atoms with Crippen molar-refractivity contribution in [3.63, 3.8) is 0 Å².